The molecule has 0 spiro atoms. The van der Waals surface area contributed by atoms with Crippen LogP contribution in [0, 0.1) is 13.8 Å². The first kappa shape index (κ1) is 10.5. The van der Waals surface area contributed by atoms with Crippen molar-refractivity contribution in [2.24, 2.45) is 5.73 Å². The lowest BCUT2D eigenvalue weighted by molar-refractivity contribution is 1.01. The molecule has 80 valence electrons. The van der Waals surface area contributed by atoms with Crippen molar-refractivity contribution in [1.82, 2.24) is 9.36 Å². The molecule has 4 heteroatoms. The maximum absolute atomic E-state index is 5.67. The van der Waals surface area contributed by atoms with Gasteiger partial charge in [-0.15, -0.1) is 0 Å². The van der Waals surface area contributed by atoms with Crippen LogP contribution < -0.4 is 5.73 Å². The van der Waals surface area contributed by atoms with Crippen molar-refractivity contribution < 1.29 is 0 Å². The average Bonchev–Trinajstić information content (AvgIpc) is 2.66. The third-order valence-corrected chi connectivity index (χ3v) is 3.66. The molecule has 0 atom stereocenters. The Morgan fingerprint density at radius 1 is 1.20 bits per heavy atom. The Balaban J connectivity index is 2.81. The molecule has 2 aromatic rings. The Morgan fingerprint density at radius 3 is 2.53 bits per heavy atom. The van der Waals surface area contributed by atoms with Crippen molar-refractivity contribution >= 4 is 21.7 Å². The van der Waals surface area contributed by atoms with E-state index in [1.807, 2.05) is 0 Å². The molecule has 0 aliphatic rings. The summed E-state index contributed by atoms with van der Waals surface area (Å²) in [6.45, 7) is 6.88. The van der Waals surface area contributed by atoms with Crippen LogP contribution in [0.4, 0.5) is 0 Å². The zero-order valence-electron chi connectivity index (χ0n) is 9.29. The SMILES string of the molecule is CCc1nc2snc(CN)c2c(C)c1C. The summed E-state index contributed by atoms with van der Waals surface area (Å²) in [6, 6.07) is 0. The fourth-order valence-corrected chi connectivity index (χ4v) is 2.74. The zero-order valence-corrected chi connectivity index (χ0v) is 10.1. The van der Waals surface area contributed by atoms with E-state index in [4.69, 9.17) is 5.73 Å². The molecule has 2 rings (SSSR count). The maximum atomic E-state index is 5.67. The number of aryl methyl sites for hydroxylation is 2. The van der Waals surface area contributed by atoms with E-state index in [0.29, 0.717) is 6.54 Å². The molecule has 3 nitrogen and oxygen atoms in total. The molecule has 0 aromatic carbocycles. The predicted molar refractivity (Wildman–Crippen MR) is 64.2 cm³/mol. The number of nitrogens with two attached hydrogens (primary N) is 1. The molecule has 0 aliphatic carbocycles. The highest BCUT2D eigenvalue weighted by Crippen LogP contribution is 2.28. The Bertz CT molecular complexity index is 502. The van der Waals surface area contributed by atoms with Gasteiger partial charge in [0.2, 0.25) is 0 Å². The van der Waals surface area contributed by atoms with E-state index in [-0.39, 0.29) is 0 Å². The standard InChI is InChI=1S/C11H15N3S/c1-4-8-6(2)7(3)10-9(5-12)14-15-11(10)13-8/h4-5,12H2,1-3H3. The molecule has 2 N–H and O–H groups in total. The molecule has 0 aliphatic heterocycles. The lowest BCUT2D eigenvalue weighted by atomic mass is 10.0. The molecular formula is C11H15N3S. The lowest BCUT2D eigenvalue weighted by Crippen LogP contribution is -2.00. The third kappa shape index (κ3) is 1.54. The summed E-state index contributed by atoms with van der Waals surface area (Å²) in [6.07, 6.45) is 0.971. The molecule has 15 heavy (non-hydrogen) atoms. The number of pyridine rings is 1. The smallest absolute Gasteiger partial charge is 0.144 e. The average molecular weight is 221 g/mol. The molecular weight excluding hydrogens is 206 g/mol. The van der Waals surface area contributed by atoms with Gasteiger partial charge < -0.3 is 5.73 Å². The topological polar surface area (TPSA) is 51.8 Å². The molecule has 2 heterocycles. The maximum Gasteiger partial charge on any atom is 0.144 e. The summed E-state index contributed by atoms with van der Waals surface area (Å²) < 4.78 is 4.35. The quantitative estimate of drug-likeness (QED) is 0.846. The Labute approximate surface area is 93.5 Å². The summed E-state index contributed by atoms with van der Waals surface area (Å²) in [5.74, 6) is 0. The molecule has 0 saturated heterocycles. The first-order valence-corrected chi connectivity index (χ1v) is 5.90. The minimum Gasteiger partial charge on any atom is -0.325 e. The molecule has 0 saturated carbocycles. The van der Waals surface area contributed by atoms with E-state index >= 15 is 0 Å². The summed E-state index contributed by atoms with van der Waals surface area (Å²) in [7, 11) is 0. The molecule has 0 fully saturated rings. The van der Waals surface area contributed by atoms with Crippen LogP contribution in [-0.4, -0.2) is 9.36 Å². The van der Waals surface area contributed by atoms with Crippen molar-refractivity contribution in [3.05, 3.63) is 22.5 Å². The zero-order chi connectivity index (χ0) is 11.0. The number of nitrogens with zero attached hydrogens (tertiary/aromatic N) is 2. The van der Waals surface area contributed by atoms with Crippen LogP contribution in [0.15, 0.2) is 0 Å². The van der Waals surface area contributed by atoms with Crippen molar-refractivity contribution in [2.45, 2.75) is 33.7 Å². The van der Waals surface area contributed by atoms with E-state index in [9.17, 15) is 0 Å². The predicted octanol–water partition coefficient (Wildman–Crippen LogP) is 2.33. The van der Waals surface area contributed by atoms with Crippen LogP contribution in [0.1, 0.15) is 29.4 Å². The van der Waals surface area contributed by atoms with Gasteiger partial charge in [-0.25, -0.2) is 4.98 Å². The van der Waals surface area contributed by atoms with E-state index in [1.54, 1.807) is 0 Å². The second-order valence-corrected chi connectivity index (χ2v) is 4.43. The summed E-state index contributed by atoms with van der Waals surface area (Å²) >= 11 is 1.45. The monoisotopic (exact) mass is 221 g/mol. The van der Waals surface area contributed by atoms with Crippen LogP contribution in [-0.2, 0) is 13.0 Å². The fourth-order valence-electron chi connectivity index (χ4n) is 1.86. The van der Waals surface area contributed by atoms with Crippen LogP contribution in [0.25, 0.3) is 10.2 Å². The van der Waals surface area contributed by atoms with Crippen LogP contribution in [0.3, 0.4) is 0 Å². The van der Waals surface area contributed by atoms with Gasteiger partial charge in [0, 0.05) is 17.6 Å². The first-order chi connectivity index (χ1) is 7.19. The van der Waals surface area contributed by atoms with E-state index in [0.717, 1.165) is 22.3 Å². The second-order valence-electron chi connectivity index (χ2n) is 3.68. The van der Waals surface area contributed by atoms with Gasteiger partial charge in [-0.1, -0.05) is 6.92 Å². The van der Waals surface area contributed by atoms with Crippen LogP contribution >= 0.6 is 11.5 Å². The third-order valence-electron chi connectivity index (χ3n) is 2.88. The van der Waals surface area contributed by atoms with Crippen LogP contribution in [0.2, 0.25) is 0 Å². The Hall–Kier alpha value is -1.00. The summed E-state index contributed by atoms with van der Waals surface area (Å²) in [4.78, 5) is 5.65. The number of hydrogen-bond acceptors (Lipinski definition) is 4. The highest BCUT2D eigenvalue weighted by atomic mass is 32.1. The number of hydrogen-bond donors (Lipinski definition) is 1. The van der Waals surface area contributed by atoms with Gasteiger partial charge in [0.15, 0.2) is 0 Å². The molecule has 0 radical (unpaired) electrons. The molecule has 0 unspecified atom stereocenters. The molecule has 2 aromatic heterocycles. The van der Waals surface area contributed by atoms with Crippen molar-refractivity contribution in [3.8, 4) is 0 Å². The van der Waals surface area contributed by atoms with Gasteiger partial charge in [0.1, 0.15) is 4.83 Å². The summed E-state index contributed by atoms with van der Waals surface area (Å²) in [5.41, 5.74) is 10.4. The normalized spacial score (nSPS) is 11.2. The van der Waals surface area contributed by atoms with E-state index < -0.39 is 0 Å². The lowest BCUT2D eigenvalue weighted by Gasteiger charge is -2.07. The largest absolute Gasteiger partial charge is 0.325 e. The molecule has 0 amide bonds. The number of fused-ring (bicyclic) bond motifs is 1. The van der Waals surface area contributed by atoms with Gasteiger partial charge in [0.05, 0.1) is 5.69 Å². The van der Waals surface area contributed by atoms with Crippen molar-refractivity contribution in [1.29, 1.82) is 0 Å². The minimum absolute atomic E-state index is 0.493. The molecule has 0 bridgehead atoms. The highest BCUT2D eigenvalue weighted by molar-refractivity contribution is 7.13. The second kappa shape index (κ2) is 3.87. The van der Waals surface area contributed by atoms with E-state index in [2.05, 4.69) is 30.1 Å². The van der Waals surface area contributed by atoms with E-state index in [1.165, 1.54) is 28.4 Å². The summed E-state index contributed by atoms with van der Waals surface area (Å²) in [5, 5.41) is 1.16. The van der Waals surface area contributed by atoms with Gasteiger partial charge in [-0.2, -0.15) is 4.37 Å². The van der Waals surface area contributed by atoms with Gasteiger partial charge >= 0.3 is 0 Å². The van der Waals surface area contributed by atoms with Crippen molar-refractivity contribution in [3.63, 3.8) is 0 Å². The Morgan fingerprint density at radius 2 is 1.93 bits per heavy atom. The van der Waals surface area contributed by atoms with Crippen LogP contribution in [0.5, 0.6) is 0 Å². The van der Waals surface area contributed by atoms with Crippen molar-refractivity contribution in [2.75, 3.05) is 0 Å². The van der Waals surface area contributed by atoms with Gasteiger partial charge in [-0.3, -0.25) is 0 Å². The fraction of sp³-hybridized carbons (Fsp3) is 0.455. The Kier molecular flexibility index (Phi) is 2.71. The number of rotatable bonds is 2. The van der Waals surface area contributed by atoms with Gasteiger partial charge in [-0.05, 0) is 42.9 Å². The first-order valence-electron chi connectivity index (χ1n) is 5.13. The minimum atomic E-state index is 0.493. The number of aromatic nitrogens is 2. The highest BCUT2D eigenvalue weighted by Gasteiger charge is 2.13. The van der Waals surface area contributed by atoms with Gasteiger partial charge in [0.25, 0.3) is 0 Å².